The summed E-state index contributed by atoms with van der Waals surface area (Å²) in [5.41, 5.74) is 12.7. The first kappa shape index (κ1) is 75.1. The number of carboxylic acids is 1. The lowest BCUT2D eigenvalue weighted by molar-refractivity contribution is -0.145. The first-order valence-electron chi connectivity index (χ1n) is 32.7. The summed E-state index contributed by atoms with van der Waals surface area (Å²) in [6, 6.07) is 6.51. The maximum Gasteiger partial charge on any atom is 0.328 e. The van der Waals surface area contributed by atoms with Crippen molar-refractivity contribution in [2.24, 2.45) is 22.4 Å². The van der Waals surface area contributed by atoms with Crippen LogP contribution in [-0.4, -0.2) is 184 Å². The van der Waals surface area contributed by atoms with Gasteiger partial charge in [-0.1, -0.05) is 86.1 Å². The molecule has 2 bridgehead atoms. The number of amides is 12. The largest absolute Gasteiger partial charge is 0.480 e. The molecule has 0 spiro atoms. The number of pyridine rings is 1. The number of hydrogen-bond acceptors (Lipinski definition) is 15. The van der Waals surface area contributed by atoms with Gasteiger partial charge in [-0.05, 0) is 109 Å². The number of aliphatic carboxylic acids is 1. The summed E-state index contributed by atoms with van der Waals surface area (Å²) in [5, 5.41) is 41.5. The number of aromatic nitrogens is 1. The molecule has 98 heavy (non-hydrogen) atoms. The molecule has 3 fully saturated rings. The van der Waals surface area contributed by atoms with E-state index >= 15 is 19.2 Å². The van der Waals surface area contributed by atoms with E-state index in [2.05, 4.69) is 68.5 Å². The van der Waals surface area contributed by atoms with Crippen molar-refractivity contribution in [2.45, 2.75) is 171 Å². The van der Waals surface area contributed by atoms with Gasteiger partial charge >= 0.3 is 5.97 Å². The highest BCUT2D eigenvalue weighted by atomic mass is 35.5. The third-order valence-corrected chi connectivity index (χ3v) is 17.0. The normalized spacial score (nSPS) is 24.5. The van der Waals surface area contributed by atoms with Crippen molar-refractivity contribution in [1.29, 1.82) is 0 Å². The fourth-order valence-electron chi connectivity index (χ4n) is 11.7. The molecule has 31 heteroatoms. The first-order valence-corrected chi connectivity index (χ1v) is 33.1. The number of halogens is 1. The Bertz CT molecular complexity index is 3580. The van der Waals surface area contributed by atoms with Crippen LogP contribution in [0.5, 0.6) is 0 Å². The van der Waals surface area contributed by atoms with Gasteiger partial charge in [0.25, 0.3) is 0 Å². The lowest BCUT2D eigenvalue weighted by Crippen LogP contribution is -2.61. The molecule has 0 radical (unpaired) electrons. The van der Waals surface area contributed by atoms with E-state index in [1.807, 2.05) is 36.4 Å². The molecule has 7 rings (SSSR count). The number of guanidine groups is 1. The highest BCUT2D eigenvalue weighted by Gasteiger charge is 2.41. The van der Waals surface area contributed by atoms with E-state index in [1.54, 1.807) is 56.3 Å². The van der Waals surface area contributed by atoms with Gasteiger partial charge in [0.15, 0.2) is 5.96 Å². The molecular weight excluding hydrogens is 1290 g/mol. The van der Waals surface area contributed by atoms with Crippen LogP contribution in [0.2, 0.25) is 5.02 Å². The van der Waals surface area contributed by atoms with Crippen LogP contribution in [-0.2, 0) is 81.6 Å². The van der Waals surface area contributed by atoms with Gasteiger partial charge in [-0.3, -0.25) is 67.5 Å². The zero-order chi connectivity index (χ0) is 71.0. The van der Waals surface area contributed by atoms with Crippen molar-refractivity contribution in [3.05, 3.63) is 113 Å². The van der Waals surface area contributed by atoms with E-state index in [0.717, 1.165) is 17.7 Å². The molecule has 4 aromatic rings. The fourth-order valence-corrected chi connectivity index (χ4v) is 11.8. The second-order valence-electron chi connectivity index (χ2n) is 25.0. The Hall–Kier alpha value is -10.3. The summed E-state index contributed by atoms with van der Waals surface area (Å²) >= 11 is 6.22. The predicted octanol–water partition coefficient (Wildman–Crippen LogP) is -0.925. The number of nitrogens with two attached hydrogens (primary N) is 2. The van der Waals surface area contributed by atoms with Crippen LogP contribution in [0.4, 0.5) is 0 Å². The van der Waals surface area contributed by atoms with Gasteiger partial charge in [0.2, 0.25) is 70.9 Å². The summed E-state index contributed by atoms with van der Waals surface area (Å²) in [6.45, 7) is 3.85. The Morgan fingerprint density at radius 2 is 1.24 bits per heavy atom. The third kappa shape index (κ3) is 23.2. The number of rotatable bonds is 14. The number of carbonyl (C=O) groups is 13. The second-order valence-corrected chi connectivity index (χ2v) is 25.5. The highest BCUT2D eigenvalue weighted by molar-refractivity contribution is 6.30. The lowest BCUT2D eigenvalue weighted by Gasteiger charge is -2.31. The van der Waals surface area contributed by atoms with Gasteiger partial charge in [0.05, 0.1) is 6.42 Å². The van der Waals surface area contributed by atoms with E-state index in [9.17, 15) is 48.3 Å². The zero-order valence-electron chi connectivity index (χ0n) is 54.9. The van der Waals surface area contributed by atoms with Crippen molar-refractivity contribution in [2.75, 3.05) is 26.2 Å². The molecule has 12 amide bonds. The number of carbonyl (C=O) groups excluding carboxylic acids is 12. The van der Waals surface area contributed by atoms with Gasteiger partial charge in [-0.2, -0.15) is 0 Å². The number of benzene rings is 3. The molecule has 526 valence electrons. The number of hydrogen-bond donors (Lipinski definition) is 14. The Labute approximate surface area is 571 Å². The number of carboxylic acid groups (broad SMARTS) is 1. The number of nitrogens with one attached hydrogen (secondary N) is 11. The second kappa shape index (κ2) is 36.7. The molecule has 1 aromatic heterocycles. The topological polar surface area (TPSA) is 455 Å². The minimum absolute atomic E-state index is 0.000437. The minimum Gasteiger partial charge on any atom is -0.480 e. The van der Waals surface area contributed by atoms with Crippen LogP contribution in [0.1, 0.15) is 108 Å². The van der Waals surface area contributed by atoms with Crippen LogP contribution in [0, 0.1) is 5.92 Å². The monoisotopic (exact) mass is 1370 g/mol. The van der Waals surface area contributed by atoms with Gasteiger partial charge in [-0.15, -0.1) is 0 Å². The van der Waals surface area contributed by atoms with Gasteiger partial charge in [-0.25, -0.2) is 4.79 Å². The quantitative estimate of drug-likeness (QED) is 0.0412. The van der Waals surface area contributed by atoms with Gasteiger partial charge in [0, 0.05) is 76.2 Å². The summed E-state index contributed by atoms with van der Waals surface area (Å²) in [5.74, 6) is -13.0. The summed E-state index contributed by atoms with van der Waals surface area (Å²) in [4.78, 5) is 197. The van der Waals surface area contributed by atoms with Gasteiger partial charge < -0.3 is 80.0 Å². The zero-order valence-corrected chi connectivity index (χ0v) is 55.6. The predicted molar refractivity (Wildman–Crippen MR) is 359 cm³/mol. The van der Waals surface area contributed by atoms with E-state index in [4.69, 9.17) is 23.1 Å². The van der Waals surface area contributed by atoms with E-state index in [0.29, 0.717) is 21.7 Å². The number of fused-ring (bicyclic) bond motifs is 9. The summed E-state index contributed by atoms with van der Waals surface area (Å²) in [6.07, 6.45) is 0.816. The Morgan fingerprint density at radius 3 is 1.91 bits per heavy atom. The molecule has 3 aliphatic heterocycles. The van der Waals surface area contributed by atoms with Crippen molar-refractivity contribution >= 4 is 105 Å². The van der Waals surface area contributed by atoms with Crippen molar-refractivity contribution in [1.82, 2.24) is 68.4 Å². The van der Waals surface area contributed by atoms with Crippen LogP contribution >= 0.6 is 11.6 Å². The van der Waals surface area contributed by atoms with Gasteiger partial charge in [0.1, 0.15) is 60.4 Å². The van der Waals surface area contributed by atoms with Crippen LogP contribution in [0.25, 0.3) is 10.8 Å². The van der Waals surface area contributed by atoms with Crippen molar-refractivity contribution in [3.63, 3.8) is 0 Å². The smallest absolute Gasteiger partial charge is 0.328 e. The Balaban J connectivity index is 1.38. The number of nitrogens with zero attached hydrogens (tertiary/aromatic N) is 3. The molecule has 16 N–H and O–H groups in total. The first-order chi connectivity index (χ1) is 46.8. The molecule has 0 aliphatic carbocycles. The Kier molecular flexibility index (Phi) is 28.2. The standard InChI is InChI=1S/C67H87ClN16O14/c1-37(2)29-48-59(90)77-47-14-6-7-26-72-55(86)24-23-46(75-38(3)85)58(89)79-49(31-39-18-21-44(68)22-19-39)60(91)81-51(33-41-11-8-25-71-35-41)62(93)82-52(34-56(87)74-36-53(66(97)98)83-64(95)54-16-10-28-84(54)65(47)96)63(94)76-45(15-9-27-73-67(69)70)57(88)80-50(61(92)78-48)32-40-17-20-42-12-4-5-13-43(42)30-40/h4-5,8,11-13,17-22,25,30,35,37,45-54H,6-7,9-10,14-16,23-24,26-29,31-34,36H2,1-3H3,(H,72,86)(H,74,87)(H,75,85)(H,76,94)(H,77,90)(H,78,92)(H,79,89)(H,80,88)(H,81,91)(H,82,93)(H,83,95)(H,97,98)(H4,69,70,73)/t45-,46+,47-,48-,49+,50+,51+,52-,53-,54-/m0/s1. The Morgan fingerprint density at radius 1 is 0.633 bits per heavy atom. The third-order valence-electron chi connectivity index (χ3n) is 16.8. The molecule has 0 saturated carbocycles. The molecule has 4 heterocycles. The van der Waals surface area contributed by atoms with Crippen LogP contribution < -0.4 is 70.0 Å². The molecular formula is C67H87ClN16O14. The van der Waals surface area contributed by atoms with Crippen molar-refractivity contribution < 1.29 is 67.4 Å². The molecule has 10 atom stereocenters. The molecule has 3 saturated heterocycles. The molecule has 3 aliphatic rings. The van der Waals surface area contributed by atoms with E-state index in [-0.39, 0.29) is 115 Å². The molecule has 0 unspecified atom stereocenters. The minimum atomic E-state index is -2.00. The average Bonchev–Trinajstić information content (AvgIpc) is 1.52. The van der Waals surface area contributed by atoms with Crippen LogP contribution in [0.3, 0.4) is 0 Å². The molecule has 3 aromatic carbocycles. The number of aliphatic imine (C=N–C) groups is 1. The summed E-state index contributed by atoms with van der Waals surface area (Å²) in [7, 11) is 0. The summed E-state index contributed by atoms with van der Waals surface area (Å²) < 4.78 is 0. The van der Waals surface area contributed by atoms with E-state index in [1.165, 1.54) is 17.3 Å². The SMILES string of the molecule is CC(=O)N[C@@H]1CCC(=O)NCCCC[C@@H]2NC(=O)[C@H](CC(C)C)NC(=O)[C@@H](Cc3ccc4ccccc4c3)NC(=O)[C@H](CCCN=C(N)N)NC(=O)[C@H](CC(=O)NC[C@@H](C(=O)O)NC(=O)[C@@H]3CCCN3C2=O)NC(=O)[C@@H](Cc2cccnc2)NC(=O)[C@@H](Cc2ccc(Cl)cc2)NC1=O. The highest BCUT2D eigenvalue weighted by Crippen LogP contribution is 2.23. The van der Waals surface area contributed by atoms with Crippen molar-refractivity contribution in [3.8, 4) is 0 Å². The van der Waals surface area contributed by atoms with Crippen LogP contribution in [0.15, 0.2) is 96.2 Å². The maximum atomic E-state index is 15.2. The fraction of sp³-hybridized carbons (Fsp3) is 0.478. The lowest BCUT2D eigenvalue weighted by atomic mass is 9.98. The maximum absolute atomic E-state index is 15.2. The molecule has 30 nitrogen and oxygen atoms in total. The van der Waals surface area contributed by atoms with E-state index < -0.39 is 150 Å². The average molecular weight is 1380 g/mol.